The molecule has 0 amide bonds. The average Bonchev–Trinajstić information content (AvgIpc) is 2.78. The molecule has 1 fully saturated rings. The molecule has 0 atom stereocenters. The van der Waals surface area contributed by atoms with Gasteiger partial charge in [-0.3, -0.25) is 0 Å². The minimum absolute atomic E-state index is 0.569. The van der Waals surface area contributed by atoms with E-state index in [0.717, 1.165) is 47.9 Å². The third-order valence-electron chi connectivity index (χ3n) is 3.72. The van der Waals surface area contributed by atoms with Crippen LogP contribution in [-0.2, 0) is 13.6 Å². The summed E-state index contributed by atoms with van der Waals surface area (Å²) in [6.07, 6.45) is 1.62. The highest BCUT2D eigenvalue weighted by Crippen LogP contribution is 2.24. The lowest BCUT2D eigenvalue weighted by Gasteiger charge is -2.28. The monoisotopic (exact) mass is 302 g/mol. The number of piperazine rings is 1. The largest absolute Gasteiger partial charge is 0.352 e. The zero-order chi connectivity index (χ0) is 14.8. The molecule has 1 saturated heterocycles. The summed E-state index contributed by atoms with van der Waals surface area (Å²) in [5.41, 5.74) is 1.84. The van der Waals surface area contributed by atoms with Gasteiger partial charge >= 0.3 is 0 Å². The number of hydrogen-bond acceptors (Lipinski definition) is 5. The van der Waals surface area contributed by atoms with Crippen molar-refractivity contribution in [2.45, 2.75) is 13.5 Å². The SMILES string of the molecule is CC#CCn1c(=S)n(C)c2ncnc(N3CCNCC3)c21. The van der Waals surface area contributed by atoms with E-state index in [2.05, 4.69) is 32.0 Å². The zero-order valence-electron chi connectivity index (χ0n) is 12.3. The second-order valence-corrected chi connectivity index (χ2v) is 5.33. The van der Waals surface area contributed by atoms with Gasteiger partial charge in [0.25, 0.3) is 0 Å². The number of hydrogen-bond donors (Lipinski definition) is 1. The van der Waals surface area contributed by atoms with Crippen LogP contribution in [0, 0.1) is 16.6 Å². The number of anilines is 1. The molecule has 3 rings (SSSR count). The van der Waals surface area contributed by atoms with E-state index in [1.165, 1.54) is 0 Å². The summed E-state index contributed by atoms with van der Waals surface area (Å²) in [5, 5.41) is 3.36. The molecule has 6 nitrogen and oxygen atoms in total. The van der Waals surface area contributed by atoms with Gasteiger partial charge in [-0.1, -0.05) is 5.92 Å². The number of fused-ring (bicyclic) bond motifs is 1. The number of nitrogens with one attached hydrogen (secondary N) is 1. The van der Waals surface area contributed by atoms with Crippen LogP contribution in [0.4, 0.5) is 5.82 Å². The van der Waals surface area contributed by atoms with Crippen molar-refractivity contribution in [2.24, 2.45) is 7.05 Å². The third kappa shape index (κ3) is 2.41. The Balaban J connectivity index is 2.21. The smallest absolute Gasteiger partial charge is 0.182 e. The Labute approximate surface area is 128 Å². The van der Waals surface area contributed by atoms with Gasteiger partial charge in [-0.05, 0) is 19.1 Å². The van der Waals surface area contributed by atoms with Crippen molar-refractivity contribution in [3.05, 3.63) is 11.1 Å². The second-order valence-electron chi connectivity index (χ2n) is 4.96. The molecule has 0 aromatic carbocycles. The predicted octanol–water partition coefficient (Wildman–Crippen LogP) is 0.932. The summed E-state index contributed by atoms with van der Waals surface area (Å²) in [7, 11) is 1.94. The molecule has 1 N–H and O–H groups in total. The fourth-order valence-corrected chi connectivity index (χ4v) is 2.87. The maximum absolute atomic E-state index is 5.53. The number of imidazole rings is 1. The zero-order valence-corrected chi connectivity index (χ0v) is 13.1. The summed E-state index contributed by atoms with van der Waals surface area (Å²) in [4.78, 5) is 11.2. The van der Waals surface area contributed by atoms with Crippen molar-refractivity contribution < 1.29 is 0 Å². The van der Waals surface area contributed by atoms with Crippen molar-refractivity contribution in [3.63, 3.8) is 0 Å². The lowest BCUT2D eigenvalue weighted by Crippen LogP contribution is -2.44. The Morgan fingerprint density at radius 2 is 2.10 bits per heavy atom. The molecule has 0 saturated carbocycles. The first-order valence-corrected chi connectivity index (χ1v) is 7.40. The number of rotatable bonds is 2. The maximum atomic E-state index is 5.53. The topological polar surface area (TPSA) is 50.9 Å². The summed E-state index contributed by atoms with van der Waals surface area (Å²) >= 11 is 5.53. The van der Waals surface area contributed by atoms with Gasteiger partial charge in [0.1, 0.15) is 11.8 Å². The van der Waals surface area contributed by atoms with Gasteiger partial charge in [0, 0.05) is 33.2 Å². The van der Waals surface area contributed by atoms with Crippen LogP contribution in [0.5, 0.6) is 0 Å². The molecule has 0 aliphatic carbocycles. The summed E-state index contributed by atoms with van der Waals surface area (Å²) < 4.78 is 4.68. The highest BCUT2D eigenvalue weighted by Gasteiger charge is 2.20. The third-order valence-corrected chi connectivity index (χ3v) is 4.21. The molecule has 3 heterocycles. The molecule has 110 valence electrons. The molecule has 0 unspecified atom stereocenters. The Hall–Kier alpha value is -1.91. The van der Waals surface area contributed by atoms with Gasteiger partial charge in [0.05, 0.1) is 6.54 Å². The molecule has 7 heteroatoms. The fraction of sp³-hybridized carbons (Fsp3) is 0.500. The summed E-state index contributed by atoms with van der Waals surface area (Å²) in [6, 6.07) is 0. The van der Waals surface area contributed by atoms with Crippen molar-refractivity contribution in [3.8, 4) is 11.8 Å². The minimum atomic E-state index is 0.569. The van der Waals surface area contributed by atoms with Crippen molar-refractivity contribution in [1.29, 1.82) is 0 Å². The van der Waals surface area contributed by atoms with E-state index in [9.17, 15) is 0 Å². The predicted molar refractivity (Wildman–Crippen MR) is 85.9 cm³/mol. The van der Waals surface area contributed by atoms with E-state index < -0.39 is 0 Å². The van der Waals surface area contributed by atoms with E-state index in [1.54, 1.807) is 6.33 Å². The van der Waals surface area contributed by atoms with E-state index in [1.807, 2.05) is 23.1 Å². The van der Waals surface area contributed by atoms with Crippen LogP contribution in [0.3, 0.4) is 0 Å². The average molecular weight is 302 g/mol. The molecule has 0 spiro atoms. The van der Waals surface area contributed by atoms with Crippen LogP contribution < -0.4 is 10.2 Å². The van der Waals surface area contributed by atoms with Gasteiger partial charge in [-0.2, -0.15) is 0 Å². The van der Waals surface area contributed by atoms with Gasteiger partial charge in [-0.15, -0.1) is 5.92 Å². The first kappa shape index (κ1) is 14.0. The van der Waals surface area contributed by atoms with Crippen LogP contribution in [0.2, 0.25) is 0 Å². The van der Waals surface area contributed by atoms with Crippen molar-refractivity contribution in [2.75, 3.05) is 31.1 Å². The Kier molecular flexibility index (Phi) is 3.90. The summed E-state index contributed by atoms with van der Waals surface area (Å²) in [6.45, 7) is 6.21. The van der Waals surface area contributed by atoms with Crippen LogP contribution in [0.25, 0.3) is 11.2 Å². The summed E-state index contributed by atoms with van der Waals surface area (Å²) in [5.74, 6) is 6.96. The normalized spacial score (nSPS) is 15.0. The molecule has 2 aromatic heterocycles. The fourth-order valence-electron chi connectivity index (χ4n) is 2.63. The van der Waals surface area contributed by atoms with Gasteiger partial charge in [0.2, 0.25) is 0 Å². The minimum Gasteiger partial charge on any atom is -0.352 e. The molecule has 1 aliphatic heterocycles. The second kappa shape index (κ2) is 5.84. The number of aryl methyl sites for hydroxylation is 1. The lowest BCUT2D eigenvalue weighted by molar-refractivity contribution is 0.585. The van der Waals surface area contributed by atoms with Crippen molar-refractivity contribution in [1.82, 2.24) is 24.4 Å². The number of nitrogens with zero attached hydrogens (tertiary/aromatic N) is 5. The van der Waals surface area contributed by atoms with Gasteiger partial charge in [0.15, 0.2) is 16.2 Å². The van der Waals surface area contributed by atoms with Crippen LogP contribution >= 0.6 is 12.2 Å². The molecule has 21 heavy (non-hydrogen) atoms. The molecule has 0 bridgehead atoms. The Morgan fingerprint density at radius 1 is 1.33 bits per heavy atom. The van der Waals surface area contributed by atoms with E-state index in [0.29, 0.717) is 6.54 Å². The molecule has 1 aliphatic rings. The molecule has 0 radical (unpaired) electrons. The van der Waals surface area contributed by atoms with E-state index in [4.69, 9.17) is 12.2 Å². The van der Waals surface area contributed by atoms with Crippen LogP contribution in [0.1, 0.15) is 6.92 Å². The van der Waals surface area contributed by atoms with Gasteiger partial charge in [-0.25, -0.2) is 9.97 Å². The Bertz CT molecular complexity index is 772. The van der Waals surface area contributed by atoms with Gasteiger partial charge < -0.3 is 19.4 Å². The molecule has 2 aromatic rings. The molecular weight excluding hydrogens is 284 g/mol. The highest BCUT2D eigenvalue weighted by molar-refractivity contribution is 7.71. The van der Waals surface area contributed by atoms with Crippen LogP contribution in [0.15, 0.2) is 6.33 Å². The highest BCUT2D eigenvalue weighted by atomic mass is 32.1. The lowest BCUT2D eigenvalue weighted by atomic mass is 10.3. The first-order chi connectivity index (χ1) is 10.2. The van der Waals surface area contributed by atoms with E-state index in [-0.39, 0.29) is 0 Å². The van der Waals surface area contributed by atoms with Crippen LogP contribution in [-0.4, -0.2) is 45.3 Å². The van der Waals surface area contributed by atoms with E-state index >= 15 is 0 Å². The number of aromatic nitrogens is 4. The standard InChI is InChI=1S/C14H18N6S/c1-3-4-7-20-11-12(18(2)14(20)21)16-10-17-13(11)19-8-5-15-6-9-19/h10,15H,5-9H2,1-2H3. The van der Waals surface area contributed by atoms with Crippen molar-refractivity contribution >= 4 is 29.2 Å². The maximum Gasteiger partial charge on any atom is 0.182 e. The quantitative estimate of drug-likeness (QED) is 0.661. The molecular formula is C14H18N6S. The first-order valence-electron chi connectivity index (χ1n) is 6.99. The Morgan fingerprint density at radius 3 is 2.81 bits per heavy atom.